The summed E-state index contributed by atoms with van der Waals surface area (Å²) in [5, 5.41) is 4.08. The fourth-order valence-electron chi connectivity index (χ4n) is 3.88. The standard InChI is InChI=1S/C21H24N4O4/c1-15-17(18(22-29-15)16-7-3-2-4-8-16)19(26)24-11-13-25(14-12-24)21(28)20(27)23-9-5-6-10-23/h2-4,7-8H,5-6,9-14H2,1H3. The van der Waals surface area contributed by atoms with Crippen LogP contribution in [0.2, 0.25) is 0 Å². The molecular weight excluding hydrogens is 372 g/mol. The average molecular weight is 396 g/mol. The third-order valence-corrected chi connectivity index (χ3v) is 5.55. The summed E-state index contributed by atoms with van der Waals surface area (Å²) in [4.78, 5) is 42.8. The minimum absolute atomic E-state index is 0.166. The summed E-state index contributed by atoms with van der Waals surface area (Å²) in [7, 11) is 0. The molecule has 1 aromatic heterocycles. The van der Waals surface area contributed by atoms with Crippen molar-refractivity contribution in [3.63, 3.8) is 0 Å². The largest absolute Gasteiger partial charge is 0.360 e. The van der Waals surface area contributed by atoms with Gasteiger partial charge in [-0.2, -0.15) is 0 Å². The third-order valence-electron chi connectivity index (χ3n) is 5.55. The molecule has 4 rings (SSSR count). The topological polar surface area (TPSA) is 87.0 Å². The minimum atomic E-state index is -0.467. The van der Waals surface area contributed by atoms with Crippen LogP contribution in [0, 0.1) is 6.92 Å². The number of rotatable bonds is 2. The van der Waals surface area contributed by atoms with Crippen molar-refractivity contribution in [1.29, 1.82) is 0 Å². The zero-order valence-corrected chi connectivity index (χ0v) is 16.5. The van der Waals surface area contributed by atoms with Gasteiger partial charge < -0.3 is 19.2 Å². The quantitative estimate of drug-likeness (QED) is 0.719. The van der Waals surface area contributed by atoms with Crippen LogP contribution in [0.15, 0.2) is 34.9 Å². The van der Waals surface area contributed by atoms with Gasteiger partial charge in [-0.05, 0) is 19.8 Å². The third kappa shape index (κ3) is 3.74. The van der Waals surface area contributed by atoms with E-state index in [1.807, 2.05) is 30.3 Å². The predicted molar refractivity (Wildman–Crippen MR) is 105 cm³/mol. The Balaban J connectivity index is 1.43. The van der Waals surface area contributed by atoms with Gasteiger partial charge in [-0.1, -0.05) is 35.5 Å². The van der Waals surface area contributed by atoms with E-state index in [2.05, 4.69) is 5.16 Å². The molecule has 0 unspecified atom stereocenters. The van der Waals surface area contributed by atoms with Gasteiger partial charge in [-0.3, -0.25) is 14.4 Å². The van der Waals surface area contributed by atoms with Gasteiger partial charge in [0.05, 0.1) is 0 Å². The van der Waals surface area contributed by atoms with Crippen LogP contribution in [0.4, 0.5) is 0 Å². The average Bonchev–Trinajstić information content (AvgIpc) is 3.43. The highest BCUT2D eigenvalue weighted by Crippen LogP contribution is 2.26. The lowest BCUT2D eigenvalue weighted by Gasteiger charge is -2.35. The Morgan fingerprint density at radius 1 is 0.828 bits per heavy atom. The van der Waals surface area contributed by atoms with E-state index in [4.69, 9.17) is 4.52 Å². The number of piperazine rings is 1. The molecule has 8 heteroatoms. The molecule has 2 saturated heterocycles. The van der Waals surface area contributed by atoms with Crippen molar-refractivity contribution < 1.29 is 18.9 Å². The zero-order chi connectivity index (χ0) is 20.4. The Labute approximate surface area is 169 Å². The van der Waals surface area contributed by atoms with E-state index >= 15 is 0 Å². The van der Waals surface area contributed by atoms with Crippen molar-refractivity contribution in [1.82, 2.24) is 19.9 Å². The number of carbonyl (C=O) groups excluding carboxylic acids is 3. The lowest BCUT2D eigenvalue weighted by molar-refractivity contribution is -0.152. The van der Waals surface area contributed by atoms with E-state index in [1.54, 1.807) is 21.6 Å². The maximum Gasteiger partial charge on any atom is 0.312 e. The highest BCUT2D eigenvalue weighted by Gasteiger charge is 2.33. The highest BCUT2D eigenvalue weighted by molar-refractivity contribution is 6.35. The van der Waals surface area contributed by atoms with Gasteiger partial charge in [0, 0.05) is 44.8 Å². The monoisotopic (exact) mass is 396 g/mol. The maximum absolute atomic E-state index is 13.1. The summed E-state index contributed by atoms with van der Waals surface area (Å²) in [6.07, 6.45) is 1.90. The lowest BCUT2D eigenvalue weighted by Crippen LogP contribution is -2.54. The number of hydrogen-bond acceptors (Lipinski definition) is 5. The van der Waals surface area contributed by atoms with E-state index in [0.717, 1.165) is 18.4 Å². The fourth-order valence-corrected chi connectivity index (χ4v) is 3.88. The normalized spacial score (nSPS) is 16.9. The van der Waals surface area contributed by atoms with Crippen LogP contribution in [0.5, 0.6) is 0 Å². The molecule has 0 radical (unpaired) electrons. The Bertz CT molecular complexity index is 910. The summed E-state index contributed by atoms with van der Waals surface area (Å²) in [6, 6.07) is 9.44. The second kappa shape index (κ2) is 8.06. The molecule has 3 amide bonds. The van der Waals surface area contributed by atoms with Gasteiger partial charge >= 0.3 is 11.8 Å². The number of hydrogen-bond donors (Lipinski definition) is 0. The van der Waals surface area contributed by atoms with Gasteiger partial charge in [-0.15, -0.1) is 0 Å². The Kier molecular flexibility index (Phi) is 5.33. The van der Waals surface area contributed by atoms with E-state index in [-0.39, 0.29) is 5.91 Å². The van der Waals surface area contributed by atoms with Crippen molar-refractivity contribution in [2.45, 2.75) is 19.8 Å². The molecule has 0 spiro atoms. The van der Waals surface area contributed by atoms with Gasteiger partial charge in [0.15, 0.2) is 0 Å². The summed E-state index contributed by atoms with van der Waals surface area (Å²) >= 11 is 0. The molecule has 152 valence electrons. The Morgan fingerprint density at radius 3 is 2.00 bits per heavy atom. The first-order valence-corrected chi connectivity index (χ1v) is 9.95. The zero-order valence-electron chi connectivity index (χ0n) is 16.5. The minimum Gasteiger partial charge on any atom is -0.360 e. The van der Waals surface area contributed by atoms with Crippen molar-refractivity contribution >= 4 is 17.7 Å². The van der Waals surface area contributed by atoms with E-state index in [9.17, 15) is 14.4 Å². The molecule has 2 aliphatic rings. The molecule has 0 bridgehead atoms. The molecule has 2 aromatic rings. The number of likely N-dealkylation sites (tertiary alicyclic amines) is 1. The predicted octanol–water partition coefficient (Wildman–Crippen LogP) is 1.56. The second-order valence-corrected chi connectivity index (χ2v) is 7.41. The van der Waals surface area contributed by atoms with Crippen LogP contribution >= 0.6 is 0 Å². The number of amides is 3. The lowest BCUT2D eigenvalue weighted by atomic mass is 10.0. The molecule has 1 aromatic carbocycles. The first-order chi connectivity index (χ1) is 14.1. The van der Waals surface area contributed by atoms with Gasteiger partial charge in [-0.25, -0.2) is 0 Å². The molecule has 0 N–H and O–H groups in total. The molecule has 0 saturated carbocycles. The summed E-state index contributed by atoms with van der Waals surface area (Å²) < 4.78 is 5.30. The van der Waals surface area contributed by atoms with Crippen molar-refractivity contribution in [3.8, 4) is 11.3 Å². The van der Waals surface area contributed by atoms with E-state index in [1.165, 1.54) is 0 Å². The van der Waals surface area contributed by atoms with Crippen LogP contribution in [-0.4, -0.2) is 76.8 Å². The maximum atomic E-state index is 13.1. The molecular formula is C21H24N4O4. The highest BCUT2D eigenvalue weighted by atomic mass is 16.5. The first-order valence-electron chi connectivity index (χ1n) is 9.95. The van der Waals surface area contributed by atoms with Crippen LogP contribution in [0.3, 0.4) is 0 Å². The SMILES string of the molecule is Cc1onc(-c2ccccc2)c1C(=O)N1CCN(C(=O)C(=O)N2CCCC2)CC1. The number of aryl methyl sites for hydroxylation is 1. The Hall–Kier alpha value is -3.16. The second-order valence-electron chi connectivity index (χ2n) is 7.41. The van der Waals surface area contributed by atoms with Crippen LogP contribution in [0.1, 0.15) is 29.0 Å². The molecule has 2 fully saturated rings. The molecule has 8 nitrogen and oxygen atoms in total. The van der Waals surface area contributed by atoms with Gasteiger partial charge in [0.1, 0.15) is 17.0 Å². The van der Waals surface area contributed by atoms with Gasteiger partial charge in [0.25, 0.3) is 5.91 Å². The van der Waals surface area contributed by atoms with Crippen LogP contribution < -0.4 is 0 Å². The molecule has 2 aliphatic heterocycles. The number of nitrogens with zero attached hydrogens (tertiary/aromatic N) is 4. The van der Waals surface area contributed by atoms with E-state index in [0.29, 0.717) is 56.3 Å². The number of aromatic nitrogens is 1. The number of carbonyl (C=O) groups is 3. The van der Waals surface area contributed by atoms with Gasteiger partial charge in [0.2, 0.25) is 0 Å². The van der Waals surface area contributed by atoms with Crippen molar-refractivity contribution in [2.24, 2.45) is 0 Å². The van der Waals surface area contributed by atoms with E-state index < -0.39 is 11.8 Å². The molecule has 0 aliphatic carbocycles. The molecule has 3 heterocycles. The summed E-state index contributed by atoms with van der Waals surface area (Å²) in [5.41, 5.74) is 1.79. The van der Waals surface area contributed by atoms with Crippen LogP contribution in [-0.2, 0) is 9.59 Å². The van der Waals surface area contributed by atoms with Crippen molar-refractivity contribution in [3.05, 3.63) is 41.7 Å². The summed E-state index contributed by atoms with van der Waals surface area (Å²) in [5.74, 6) is -0.592. The van der Waals surface area contributed by atoms with Crippen molar-refractivity contribution in [2.75, 3.05) is 39.3 Å². The summed E-state index contributed by atoms with van der Waals surface area (Å²) in [6.45, 7) is 4.45. The molecule has 0 atom stereocenters. The smallest absolute Gasteiger partial charge is 0.312 e. The first kappa shape index (κ1) is 19.2. The fraction of sp³-hybridized carbons (Fsp3) is 0.429. The molecule has 29 heavy (non-hydrogen) atoms. The number of benzene rings is 1. The Morgan fingerprint density at radius 2 is 1.38 bits per heavy atom. The van der Waals surface area contributed by atoms with Crippen LogP contribution in [0.25, 0.3) is 11.3 Å².